The minimum Gasteiger partial charge on any atom is -0.383 e. The number of methoxy groups -OCH3 is 1. The fourth-order valence-corrected chi connectivity index (χ4v) is 2.62. The number of aryl methyl sites for hydroxylation is 1. The summed E-state index contributed by atoms with van der Waals surface area (Å²) in [4.78, 5) is 11.9. The van der Waals surface area contributed by atoms with E-state index in [-0.39, 0.29) is 25.4 Å². The van der Waals surface area contributed by atoms with Crippen LogP contribution in [0.4, 0.5) is 5.69 Å². The number of hydrogen-bond donors (Lipinski definition) is 1. The Hall–Kier alpha value is -1.44. The number of anilines is 1. The van der Waals surface area contributed by atoms with E-state index in [2.05, 4.69) is 5.32 Å². The van der Waals surface area contributed by atoms with Gasteiger partial charge in [-0.3, -0.25) is 4.79 Å². The zero-order valence-corrected chi connectivity index (χ0v) is 13.4. The number of nitrogens with zero attached hydrogens (tertiary/aromatic N) is 1. The molecule has 0 aliphatic heterocycles. The minimum atomic E-state index is -3.34. The molecule has 6 nitrogen and oxygen atoms in total. The first-order valence-corrected chi connectivity index (χ1v) is 8.49. The number of ether oxygens (including phenoxy) is 1. The third kappa shape index (κ3) is 6.24. The highest BCUT2D eigenvalue weighted by Crippen LogP contribution is 2.13. The molecule has 0 saturated carbocycles. The van der Waals surface area contributed by atoms with Crippen molar-refractivity contribution in [2.75, 3.05) is 38.4 Å². The van der Waals surface area contributed by atoms with Gasteiger partial charge in [0.25, 0.3) is 0 Å². The van der Waals surface area contributed by atoms with Crippen molar-refractivity contribution in [3.05, 3.63) is 29.8 Å². The van der Waals surface area contributed by atoms with Gasteiger partial charge in [-0.25, -0.2) is 8.42 Å². The van der Waals surface area contributed by atoms with Crippen LogP contribution in [0.3, 0.4) is 0 Å². The summed E-state index contributed by atoms with van der Waals surface area (Å²) in [6.45, 7) is 2.58. The molecule has 0 unspecified atom stereocenters. The van der Waals surface area contributed by atoms with Crippen LogP contribution < -0.4 is 5.32 Å². The monoisotopic (exact) mass is 314 g/mol. The van der Waals surface area contributed by atoms with Crippen molar-refractivity contribution in [2.45, 2.75) is 13.3 Å². The number of hydrogen-bond acceptors (Lipinski definition) is 4. The smallest absolute Gasteiger partial charge is 0.225 e. The number of sulfonamides is 1. The fraction of sp³-hybridized carbons (Fsp3) is 0.500. The van der Waals surface area contributed by atoms with Gasteiger partial charge in [0, 0.05) is 32.3 Å². The summed E-state index contributed by atoms with van der Waals surface area (Å²) in [5.41, 5.74) is 1.70. The lowest BCUT2D eigenvalue weighted by Crippen LogP contribution is -2.35. The number of amides is 1. The molecule has 1 N–H and O–H groups in total. The van der Waals surface area contributed by atoms with Crippen LogP contribution in [-0.2, 0) is 19.6 Å². The lowest BCUT2D eigenvalue weighted by atomic mass is 10.2. The van der Waals surface area contributed by atoms with Gasteiger partial charge < -0.3 is 10.1 Å². The molecule has 0 bridgehead atoms. The Morgan fingerprint density at radius 1 is 1.29 bits per heavy atom. The SMILES string of the molecule is COCCN(CCC(=O)Nc1ccccc1C)S(C)(=O)=O. The quantitative estimate of drug-likeness (QED) is 0.783. The average molecular weight is 314 g/mol. The summed E-state index contributed by atoms with van der Waals surface area (Å²) in [5, 5.41) is 2.78. The first kappa shape index (κ1) is 17.6. The Bertz CT molecular complexity index is 572. The van der Waals surface area contributed by atoms with E-state index in [0.717, 1.165) is 17.5 Å². The van der Waals surface area contributed by atoms with Crippen molar-refractivity contribution in [3.63, 3.8) is 0 Å². The highest BCUT2D eigenvalue weighted by atomic mass is 32.2. The van der Waals surface area contributed by atoms with Gasteiger partial charge in [0.1, 0.15) is 0 Å². The van der Waals surface area contributed by atoms with E-state index in [9.17, 15) is 13.2 Å². The van der Waals surface area contributed by atoms with E-state index in [1.165, 1.54) is 11.4 Å². The van der Waals surface area contributed by atoms with Crippen molar-refractivity contribution in [1.82, 2.24) is 4.31 Å². The summed E-state index contributed by atoms with van der Waals surface area (Å²) in [7, 11) is -1.84. The van der Waals surface area contributed by atoms with Crippen LogP contribution >= 0.6 is 0 Å². The normalized spacial score (nSPS) is 11.6. The standard InChI is InChI=1S/C14H22N2O4S/c1-12-6-4-5-7-13(12)15-14(17)8-9-16(10-11-20-2)21(3,18)19/h4-7H,8-11H2,1-3H3,(H,15,17). The summed E-state index contributed by atoms with van der Waals surface area (Å²) in [5.74, 6) is -0.213. The molecule has 21 heavy (non-hydrogen) atoms. The van der Waals surface area contributed by atoms with Gasteiger partial charge in [-0.05, 0) is 18.6 Å². The largest absolute Gasteiger partial charge is 0.383 e. The molecule has 1 aromatic rings. The Balaban J connectivity index is 2.56. The molecule has 0 atom stereocenters. The average Bonchev–Trinajstić information content (AvgIpc) is 2.40. The maximum Gasteiger partial charge on any atom is 0.225 e. The van der Waals surface area contributed by atoms with E-state index in [4.69, 9.17) is 4.74 Å². The van der Waals surface area contributed by atoms with E-state index in [1.54, 1.807) is 0 Å². The van der Waals surface area contributed by atoms with E-state index >= 15 is 0 Å². The maximum atomic E-state index is 11.9. The van der Waals surface area contributed by atoms with Crippen molar-refractivity contribution in [2.24, 2.45) is 0 Å². The van der Waals surface area contributed by atoms with E-state index < -0.39 is 10.0 Å². The van der Waals surface area contributed by atoms with Crippen molar-refractivity contribution in [1.29, 1.82) is 0 Å². The number of nitrogens with one attached hydrogen (secondary N) is 1. The number of para-hydroxylation sites is 1. The molecular formula is C14H22N2O4S. The molecule has 0 heterocycles. The highest BCUT2D eigenvalue weighted by molar-refractivity contribution is 7.88. The third-order valence-electron chi connectivity index (χ3n) is 3.02. The van der Waals surface area contributed by atoms with Gasteiger partial charge in [0.2, 0.25) is 15.9 Å². The van der Waals surface area contributed by atoms with E-state index in [1.807, 2.05) is 31.2 Å². The van der Waals surface area contributed by atoms with Gasteiger partial charge in [-0.15, -0.1) is 0 Å². The zero-order valence-electron chi connectivity index (χ0n) is 12.6. The summed E-state index contributed by atoms with van der Waals surface area (Å²) in [6.07, 6.45) is 1.23. The Labute approximate surface area is 126 Å². The first-order valence-electron chi connectivity index (χ1n) is 6.64. The molecule has 0 radical (unpaired) electrons. The Morgan fingerprint density at radius 3 is 2.52 bits per heavy atom. The van der Waals surface area contributed by atoms with Gasteiger partial charge >= 0.3 is 0 Å². The summed E-state index contributed by atoms with van der Waals surface area (Å²) < 4.78 is 29.3. The van der Waals surface area contributed by atoms with Crippen molar-refractivity contribution in [3.8, 4) is 0 Å². The molecule has 0 fully saturated rings. The number of benzene rings is 1. The third-order valence-corrected chi connectivity index (χ3v) is 4.32. The lowest BCUT2D eigenvalue weighted by Gasteiger charge is -2.19. The summed E-state index contributed by atoms with van der Waals surface area (Å²) >= 11 is 0. The molecule has 1 aromatic carbocycles. The fourth-order valence-electron chi connectivity index (χ4n) is 1.79. The van der Waals surface area contributed by atoms with Crippen molar-refractivity contribution < 1.29 is 17.9 Å². The van der Waals surface area contributed by atoms with Gasteiger partial charge in [-0.2, -0.15) is 4.31 Å². The van der Waals surface area contributed by atoms with E-state index in [0.29, 0.717) is 6.61 Å². The molecule has 0 saturated heterocycles. The number of carbonyl (C=O) groups is 1. The van der Waals surface area contributed by atoms with Gasteiger partial charge in [0.15, 0.2) is 0 Å². The first-order chi connectivity index (χ1) is 9.84. The second-order valence-electron chi connectivity index (χ2n) is 4.77. The Kier molecular flexibility index (Phi) is 6.80. The van der Waals surface area contributed by atoms with Crippen LogP contribution in [0.5, 0.6) is 0 Å². The second-order valence-corrected chi connectivity index (χ2v) is 6.75. The lowest BCUT2D eigenvalue weighted by molar-refractivity contribution is -0.116. The molecule has 0 aliphatic rings. The number of carbonyl (C=O) groups excluding carboxylic acids is 1. The van der Waals surface area contributed by atoms with Crippen LogP contribution in [0.2, 0.25) is 0 Å². The minimum absolute atomic E-state index is 0.102. The van der Waals surface area contributed by atoms with Crippen LogP contribution in [0.25, 0.3) is 0 Å². The highest BCUT2D eigenvalue weighted by Gasteiger charge is 2.17. The molecule has 7 heteroatoms. The molecule has 0 spiro atoms. The van der Waals surface area contributed by atoms with Crippen molar-refractivity contribution >= 4 is 21.6 Å². The molecule has 1 amide bonds. The predicted molar refractivity (Wildman–Crippen MR) is 82.7 cm³/mol. The van der Waals surface area contributed by atoms with Crippen LogP contribution in [0, 0.1) is 6.92 Å². The molecule has 0 aliphatic carbocycles. The number of rotatable bonds is 8. The molecule has 118 valence electrons. The maximum absolute atomic E-state index is 11.9. The van der Waals surface area contributed by atoms with Crippen LogP contribution in [0.1, 0.15) is 12.0 Å². The predicted octanol–water partition coefficient (Wildman–Crippen LogP) is 1.23. The topological polar surface area (TPSA) is 75.7 Å². The zero-order chi connectivity index (χ0) is 15.9. The van der Waals surface area contributed by atoms with Gasteiger partial charge in [0.05, 0.1) is 12.9 Å². The Morgan fingerprint density at radius 2 is 1.95 bits per heavy atom. The van der Waals surface area contributed by atoms with Crippen LogP contribution in [0.15, 0.2) is 24.3 Å². The second kappa shape index (κ2) is 8.11. The molecule has 0 aromatic heterocycles. The summed E-state index contributed by atoms with van der Waals surface area (Å²) in [6, 6.07) is 7.44. The molecule has 1 rings (SSSR count). The van der Waals surface area contributed by atoms with Gasteiger partial charge in [-0.1, -0.05) is 18.2 Å². The molecular weight excluding hydrogens is 292 g/mol. The van der Waals surface area contributed by atoms with Crippen LogP contribution in [-0.4, -0.2) is 51.7 Å².